The molecule has 2 aromatic heterocycles. The van der Waals surface area contributed by atoms with Gasteiger partial charge in [0.15, 0.2) is 5.69 Å². The van der Waals surface area contributed by atoms with Crippen molar-refractivity contribution < 1.29 is 13.9 Å². The summed E-state index contributed by atoms with van der Waals surface area (Å²) in [6.07, 6.45) is 3.20. The first-order valence-corrected chi connectivity index (χ1v) is 8.21. The second-order valence-corrected chi connectivity index (χ2v) is 5.94. The number of aromatic nitrogens is 4. The number of H-pyrrole nitrogens is 1. The molecule has 0 bridgehead atoms. The van der Waals surface area contributed by atoms with Gasteiger partial charge < -0.3 is 4.74 Å². The summed E-state index contributed by atoms with van der Waals surface area (Å²) in [4.78, 5) is 12.5. The molecule has 3 aromatic rings. The van der Waals surface area contributed by atoms with Crippen LogP contribution in [-0.4, -0.2) is 32.6 Å². The van der Waals surface area contributed by atoms with E-state index < -0.39 is 0 Å². The summed E-state index contributed by atoms with van der Waals surface area (Å²) in [6.45, 7) is 2.44. The van der Waals surface area contributed by atoms with Crippen molar-refractivity contribution in [2.75, 3.05) is 6.61 Å². The highest BCUT2D eigenvalue weighted by Gasteiger charge is 2.30. The largest absolute Gasteiger partial charge is 0.461 e. The minimum atomic E-state index is -0.384. The monoisotopic (exact) mass is 340 g/mol. The SMILES string of the molecule is CCOC(=O)c1c2c(nn1Cc1ccc(F)cc1)-c1cn[nH]c1CC2. The van der Waals surface area contributed by atoms with Crippen LogP contribution in [0.3, 0.4) is 0 Å². The normalized spacial score (nSPS) is 12.6. The fourth-order valence-corrected chi connectivity index (χ4v) is 3.21. The van der Waals surface area contributed by atoms with Gasteiger partial charge in [0.1, 0.15) is 5.82 Å². The second kappa shape index (κ2) is 6.16. The van der Waals surface area contributed by atoms with Gasteiger partial charge >= 0.3 is 5.97 Å². The first kappa shape index (κ1) is 15.6. The number of benzene rings is 1. The van der Waals surface area contributed by atoms with Crippen molar-refractivity contribution in [3.8, 4) is 11.3 Å². The summed E-state index contributed by atoms with van der Waals surface area (Å²) in [5.41, 5.74) is 4.92. The van der Waals surface area contributed by atoms with Crippen LogP contribution < -0.4 is 0 Å². The maximum Gasteiger partial charge on any atom is 0.356 e. The zero-order chi connectivity index (χ0) is 17.4. The quantitative estimate of drug-likeness (QED) is 0.741. The van der Waals surface area contributed by atoms with Gasteiger partial charge in [0.25, 0.3) is 0 Å². The third-order valence-corrected chi connectivity index (χ3v) is 4.36. The molecule has 0 fully saturated rings. The third-order valence-electron chi connectivity index (χ3n) is 4.36. The fourth-order valence-electron chi connectivity index (χ4n) is 3.21. The molecule has 6 nitrogen and oxygen atoms in total. The van der Waals surface area contributed by atoms with Gasteiger partial charge in [0, 0.05) is 16.8 Å². The summed E-state index contributed by atoms with van der Waals surface area (Å²) in [6, 6.07) is 6.18. The van der Waals surface area contributed by atoms with Crippen LogP contribution in [0.4, 0.5) is 4.39 Å². The van der Waals surface area contributed by atoms with E-state index in [1.807, 2.05) is 0 Å². The van der Waals surface area contributed by atoms with Crippen molar-refractivity contribution >= 4 is 5.97 Å². The first-order valence-electron chi connectivity index (χ1n) is 8.21. The maximum absolute atomic E-state index is 13.1. The average Bonchev–Trinajstić information content (AvgIpc) is 3.20. The highest BCUT2D eigenvalue weighted by Crippen LogP contribution is 2.34. The van der Waals surface area contributed by atoms with E-state index in [2.05, 4.69) is 15.3 Å². The summed E-state index contributed by atoms with van der Waals surface area (Å²) in [5.74, 6) is -0.678. The van der Waals surface area contributed by atoms with E-state index in [0.717, 1.165) is 34.5 Å². The molecule has 0 spiro atoms. The van der Waals surface area contributed by atoms with Crippen molar-refractivity contribution in [3.05, 3.63) is 58.8 Å². The van der Waals surface area contributed by atoms with Gasteiger partial charge in [-0.1, -0.05) is 12.1 Å². The van der Waals surface area contributed by atoms with Gasteiger partial charge in [-0.15, -0.1) is 0 Å². The van der Waals surface area contributed by atoms with Gasteiger partial charge in [-0.2, -0.15) is 10.2 Å². The van der Waals surface area contributed by atoms with Crippen LogP contribution in [0, 0.1) is 5.82 Å². The smallest absolute Gasteiger partial charge is 0.356 e. The highest BCUT2D eigenvalue weighted by atomic mass is 19.1. The topological polar surface area (TPSA) is 72.8 Å². The maximum atomic E-state index is 13.1. The number of esters is 1. The highest BCUT2D eigenvalue weighted by molar-refractivity contribution is 5.92. The lowest BCUT2D eigenvalue weighted by Gasteiger charge is -2.11. The number of aromatic amines is 1. The Hall–Kier alpha value is -2.96. The molecule has 2 heterocycles. The van der Waals surface area contributed by atoms with Crippen LogP contribution in [0.15, 0.2) is 30.5 Å². The molecule has 1 aliphatic carbocycles. The zero-order valence-corrected chi connectivity index (χ0v) is 13.8. The number of aryl methyl sites for hydroxylation is 1. The van der Waals surface area contributed by atoms with Crippen molar-refractivity contribution in [2.24, 2.45) is 0 Å². The molecule has 0 aliphatic heterocycles. The predicted octanol–water partition coefficient (Wildman–Crippen LogP) is 2.74. The van der Waals surface area contributed by atoms with Gasteiger partial charge in [-0.25, -0.2) is 9.18 Å². The van der Waals surface area contributed by atoms with E-state index in [-0.39, 0.29) is 11.8 Å². The van der Waals surface area contributed by atoms with E-state index in [0.29, 0.717) is 25.3 Å². The third kappa shape index (κ3) is 2.71. The van der Waals surface area contributed by atoms with Gasteiger partial charge in [-0.05, 0) is 37.5 Å². The van der Waals surface area contributed by atoms with Crippen LogP contribution in [0.2, 0.25) is 0 Å². The molecule has 0 amide bonds. The number of carbonyl (C=O) groups is 1. The Labute approximate surface area is 143 Å². The lowest BCUT2D eigenvalue weighted by Crippen LogP contribution is -2.16. The molecule has 1 aliphatic rings. The fraction of sp³-hybridized carbons (Fsp3) is 0.278. The van der Waals surface area contributed by atoms with Gasteiger partial charge in [0.2, 0.25) is 0 Å². The van der Waals surface area contributed by atoms with Gasteiger partial charge in [-0.3, -0.25) is 9.78 Å². The molecule has 0 radical (unpaired) electrons. The Bertz CT molecular complexity index is 927. The Morgan fingerprint density at radius 1 is 1.32 bits per heavy atom. The van der Waals surface area contributed by atoms with E-state index >= 15 is 0 Å². The van der Waals surface area contributed by atoms with E-state index in [9.17, 15) is 9.18 Å². The Balaban J connectivity index is 1.80. The number of ether oxygens (including phenoxy) is 1. The number of rotatable bonds is 4. The molecular formula is C18H17FN4O2. The van der Waals surface area contributed by atoms with Crippen molar-refractivity contribution in [2.45, 2.75) is 26.3 Å². The molecule has 25 heavy (non-hydrogen) atoms. The van der Waals surface area contributed by atoms with E-state index in [1.54, 1.807) is 29.9 Å². The average molecular weight is 340 g/mol. The van der Waals surface area contributed by atoms with Crippen LogP contribution in [-0.2, 0) is 24.1 Å². The molecule has 1 N–H and O–H groups in total. The zero-order valence-electron chi connectivity index (χ0n) is 13.8. The lowest BCUT2D eigenvalue weighted by atomic mass is 9.94. The predicted molar refractivity (Wildman–Crippen MR) is 88.7 cm³/mol. The number of nitrogens with one attached hydrogen (secondary N) is 1. The van der Waals surface area contributed by atoms with Crippen LogP contribution in [0.1, 0.15) is 34.2 Å². The number of hydrogen-bond acceptors (Lipinski definition) is 4. The minimum Gasteiger partial charge on any atom is -0.461 e. The summed E-state index contributed by atoms with van der Waals surface area (Å²) in [7, 11) is 0. The molecular weight excluding hydrogens is 323 g/mol. The lowest BCUT2D eigenvalue weighted by molar-refractivity contribution is 0.0511. The van der Waals surface area contributed by atoms with Crippen molar-refractivity contribution in [1.29, 1.82) is 0 Å². The number of halogens is 1. The summed E-state index contributed by atoms with van der Waals surface area (Å²) in [5, 5.41) is 11.7. The summed E-state index contributed by atoms with van der Waals surface area (Å²) >= 11 is 0. The molecule has 0 saturated heterocycles. The number of hydrogen-bond donors (Lipinski definition) is 1. The number of fused-ring (bicyclic) bond motifs is 3. The Kier molecular flexibility index (Phi) is 3.83. The van der Waals surface area contributed by atoms with E-state index in [4.69, 9.17) is 4.74 Å². The number of nitrogens with zero attached hydrogens (tertiary/aromatic N) is 3. The van der Waals surface area contributed by atoms with E-state index in [1.165, 1.54) is 12.1 Å². The first-order chi connectivity index (χ1) is 12.2. The van der Waals surface area contributed by atoms with Crippen molar-refractivity contribution in [3.63, 3.8) is 0 Å². The molecule has 0 unspecified atom stereocenters. The summed E-state index contributed by atoms with van der Waals surface area (Å²) < 4.78 is 20.0. The van der Waals surface area contributed by atoms with Crippen molar-refractivity contribution in [1.82, 2.24) is 20.0 Å². The van der Waals surface area contributed by atoms with Gasteiger partial charge in [0.05, 0.1) is 25.0 Å². The molecule has 0 atom stereocenters. The molecule has 0 saturated carbocycles. The molecule has 7 heteroatoms. The Morgan fingerprint density at radius 2 is 2.12 bits per heavy atom. The number of carbonyl (C=O) groups excluding carboxylic acids is 1. The van der Waals surface area contributed by atoms with Crippen LogP contribution in [0.25, 0.3) is 11.3 Å². The molecule has 4 rings (SSSR count). The second-order valence-electron chi connectivity index (χ2n) is 5.94. The standard InChI is InChI=1S/C18H17FN4O2/c1-2-25-18(24)17-13-7-8-15-14(9-20-21-15)16(13)22-23(17)10-11-3-5-12(19)6-4-11/h3-6,9H,2,7-8,10H2,1H3,(H,20,21). The minimum absolute atomic E-state index is 0.294. The molecule has 1 aromatic carbocycles. The Morgan fingerprint density at radius 3 is 2.88 bits per heavy atom. The van der Waals surface area contributed by atoms with Crippen LogP contribution >= 0.6 is 0 Å². The molecule has 128 valence electrons. The van der Waals surface area contributed by atoms with Crippen LogP contribution in [0.5, 0.6) is 0 Å².